The predicted molar refractivity (Wildman–Crippen MR) is 121 cm³/mol. The molecule has 3 aromatic carbocycles. The molecule has 0 aliphatic carbocycles. The van der Waals surface area contributed by atoms with Crippen molar-refractivity contribution in [2.75, 3.05) is 12.8 Å². The molecule has 1 aromatic heterocycles. The molecule has 4 rings (SSSR count). The van der Waals surface area contributed by atoms with E-state index in [1.807, 2.05) is 60.8 Å². The third kappa shape index (κ3) is 4.56. The summed E-state index contributed by atoms with van der Waals surface area (Å²) in [5.41, 5.74) is 2.93. The molecule has 0 amide bonds. The first-order valence-electron chi connectivity index (χ1n) is 9.66. The highest BCUT2D eigenvalue weighted by molar-refractivity contribution is 7.91. The second-order valence-electron chi connectivity index (χ2n) is 7.35. The normalized spacial score (nSPS) is 13.3. The van der Waals surface area contributed by atoms with Crippen LogP contribution in [0, 0.1) is 0 Å². The summed E-state index contributed by atoms with van der Waals surface area (Å²) in [6, 6.07) is 22.9. The number of aromatic amines is 1. The van der Waals surface area contributed by atoms with Crippen molar-refractivity contribution in [2.45, 2.75) is 15.7 Å². The van der Waals surface area contributed by atoms with Gasteiger partial charge < -0.3 is 4.98 Å². The molecule has 1 heterocycles. The van der Waals surface area contributed by atoms with Gasteiger partial charge in [0.2, 0.25) is 10.0 Å². The van der Waals surface area contributed by atoms with Crippen molar-refractivity contribution in [1.29, 1.82) is 0 Å². The molecular weight excluding hydrogens is 432 g/mol. The molecule has 4 aromatic rings. The lowest BCUT2D eigenvalue weighted by atomic mass is 9.91. The first-order valence-corrected chi connectivity index (χ1v) is 13.0. The molecule has 0 bridgehead atoms. The first kappa shape index (κ1) is 21.3. The number of H-pyrrole nitrogens is 1. The summed E-state index contributed by atoms with van der Waals surface area (Å²) in [6.07, 6.45) is 2.95. The van der Waals surface area contributed by atoms with Gasteiger partial charge in [-0.25, -0.2) is 21.6 Å². The number of sulfonamides is 1. The van der Waals surface area contributed by atoms with E-state index in [9.17, 15) is 16.8 Å². The minimum absolute atomic E-state index is 0.0355. The van der Waals surface area contributed by atoms with E-state index in [2.05, 4.69) is 9.71 Å². The Bertz CT molecular complexity index is 1430. The maximum Gasteiger partial charge on any atom is 0.240 e. The number of benzene rings is 3. The lowest BCUT2D eigenvalue weighted by molar-refractivity contribution is 0.577. The molecule has 0 fully saturated rings. The van der Waals surface area contributed by atoms with Gasteiger partial charge in [0, 0.05) is 35.8 Å². The van der Waals surface area contributed by atoms with E-state index in [0.29, 0.717) is 0 Å². The van der Waals surface area contributed by atoms with Crippen molar-refractivity contribution in [3.05, 3.63) is 96.2 Å². The molecule has 0 saturated carbocycles. The number of aromatic nitrogens is 1. The van der Waals surface area contributed by atoms with Crippen LogP contribution in [-0.4, -0.2) is 34.6 Å². The molecule has 31 heavy (non-hydrogen) atoms. The summed E-state index contributed by atoms with van der Waals surface area (Å²) in [5, 5.41) is 1.02. The third-order valence-electron chi connectivity index (χ3n) is 5.22. The third-order valence-corrected chi connectivity index (χ3v) is 7.75. The Morgan fingerprint density at radius 1 is 0.839 bits per heavy atom. The molecule has 0 aliphatic heterocycles. The Morgan fingerprint density at radius 3 is 2.26 bits per heavy atom. The van der Waals surface area contributed by atoms with Crippen molar-refractivity contribution in [1.82, 2.24) is 9.71 Å². The van der Waals surface area contributed by atoms with E-state index in [4.69, 9.17) is 0 Å². The van der Waals surface area contributed by atoms with E-state index in [0.717, 1.165) is 28.3 Å². The summed E-state index contributed by atoms with van der Waals surface area (Å²) in [5.74, 6) is -0.231. The molecule has 160 valence electrons. The largest absolute Gasteiger partial charge is 0.361 e. The van der Waals surface area contributed by atoms with Gasteiger partial charge in [-0.1, -0.05) is 54.6 Å². The van der Waals surface area contributed by atoms with E-state index < -0.39 is 19.9 Å². The van der Waals surface area contributed by atoms with Crippen LogP contribution in [-0.2, 0) is 19.9 Å². The molecule has 2 N–H and O–H groups in total. The van der Waals surface area contributed by atoms with Crippen LogP contribution >= 0.6 is 0 Å². The number of para-hydroxylation sites is 1. The Morgan fingerprint density at radius 2 is 1.52 bits per heavy atom. The molecule has 0 radical (unpaired) electrons. The van der Waals surface area contributed by atoms with Gasteiger partial charge in [0.1, 0.15) is 0 Å². The fourth-order valence-corrected chi connectivity index (χ4v) is 5.46. The number of sulfone groups is 1. The highest BCUT2D eigenvalue weighted by atomic mass is 32.2. The van der Waals surface area contributed by atoms with Crippen LogP contribution in [0.1, 0.15) is 17.0 Å². The second kappa shape index (κ2) is 8.30. The fraction of sp³-hybridized carbons (Fsp3) is 0.130. The Balaban J connectivity index is 1.69. The Labute approximate surface area is 181 Å². The summed E-state index contributed by atoms with van der Waals surface area (Å²) in [7, 11) is -7.43. The zero-order valence-corrected chi connectivity index (χ0v) is 18.4. The van der Waals surface area contributed by atoms with Crippen molar-refractivity contribution in [3.8, 4) is 0 Å². The van der Waals surface area contributed by atoms with Gasteiger partial charge in [0.15, 0.2) is 9.84 Å². The van der Waals surface area contributed by atoms with Crippen LogP contribution in [0.15, 0.2) is 94.9 Å². The molecule has 1 unspecified atom stereocenters. The second-order valence-corrected chi connectivity index (χ2v) is 11.1. The summed E-state index contributed by atoms with van der Waals surface area (Å²) < 4.78 is 52.3. The fourth-order valence-electron chi connectivity index (χ4n) is 3.62. The summed E-state index contributed by atoms with van der Waals surface area (Å²) >= 11 is 0. The van der Waals surface area contributed by atoms with Crippen molar-refractivity contribution in [2.24, 2.45) is 0 Å². The van der Waals surface area contributed by atoms with Gasteiger partial charge in [0.25, 0.3) is 0 Å². The van der Waals surface area contributed by atoms with Gasteiger partial charge >= 0.3 is 0 Å². The number of hydrogen-bond acceptors (Lipinski definition) is 4. The molecule has 0 saturated heterocycles. The Kier molecular flexibility index (Phi) is 5.70. The first-order chi connectivity index (χ1) is 14.8. The predicted octanol–water partition coefficient (Wildman–Crippen LogP) is 3.68. The number of hydrogen-bond donors (Lipinski definition) is 2. The average Bonchev–Trinajstić information content (AvgIpc) is 3.18. The average molecular weight is 455 g/mol. The highest BCUT2D eigenvalue weighted by Crippen LogP contribution is 2.31. The van der Waals surface area contributed by atoms with Crippen LogP contribution in [0.2, 0.25) is 0 Å². The van der Waals surface area contributed by atoms with Gasteiger partial charge in [0.05, 0.1) is 9.79 Å². The zero-order valence-electron chi connectivity index (χ0n) is 16.8. The Hall–Kier alpha value is -2.94. The maximum atomic E-state index is 13.0. The van der Waals surface area contributed by atoms with Crippen LogP contribution < -0.4 is 4.72 Å². The van der Waals surface area contributed by atoms with Gasteiger partial charge in [-0.15, -0.1) is 0 Å². The molecule has 8 heteroatoms. The maximum absolute atomic E-state index is 13.0. The van der Waals surface area contributed by atoms with Crippen LogP contribution in [0.4, 0.5) is 0 Å². The van der Waals surface area contributed by atoms with Crippen LogP contribution in [0.3, 0.4) is 0 Å². The minimum atomic E-state index is -3.92. The summed E-state index contributed by atoms with van der Waals surface area (Å²) in [6.45, 7) is 0.122. The van der Waals surface area contributed by atoms with Gasteiger partial charge in [-0.05, 0) is 35.4 Å². The molecule has 6 nitrogen and oxygen atoms in total. The topological polar surface area (TPSA) is 96.1 Å². The molecular formula is C23H22N2O4S2. The number of rotatable bonds is 7. The minimum Gasteiger partial charge on any atom is -0.361 e. The molecule has 0 aliphatic rings. The molecule has 1 atom stereocenters. The van der Waals surface area contributed by atoms with Crippen molar-refractivity contribution < 1.29 is 16.8 Å². The lowest BCUT2D eigenvalue weighted by Crippen LogP contribution is -2.29. The van der Waals surface area contributed by atoms with E-state index in [1.165, 1.54) is 24.3 Å². The van der Waals surface area contributed by atoms with Crippen molar-refractivity contribution in [3.63, 3.8) is 0 Å². The smallest absolute Gasteiger partial charge is 0.240 e. The van der Waals surface area contributed by atoms with Crippen LogP contribution in [0.25, 0.3) is 10.9 Å². The summed E-state index contributed by atoms with van der Waals surface area (Å²) in [4.78, 5) is 3.13. The standard InChI is InChI=1S/C23H22N2O4S2/c1-30(26,27)18-10-7-11-19(14-18)31(28,29)25-16-21(17-8-3-2-4-9-17)22-15-24-23-13-6-5-12-20(22)23/h2-15,21,24-25H,16H2,1H3. The number of fused-ring (bicyclic) bond motifs is 1. The van der Waals surface area contributed by atoms with Crippen molar-refractivity contribution >= 4 is 30.8 Å². The number of nitrogens with one attached hydrogen (secondary N) is 2. The quantitative estimate of drug-likeness (QED) is 0.445. The van der Waals surface area contributed by atoms with Gasteiger partial charge in [-0.2, -0.15) is 0 Å². The van der Waals surface area contributed by atoms with Gasteiger partial charge in [-0.3, -0.25) is 0 Å². The molecule has 0 spiro atoms. The lowest BCUT2D eigenvalue weighted by Gasteiger charge is -2.18. The van der Waals surface area contributed by atoms with E-state index >= 15 is 0 Å². The highest BCUT2D eigenvalue weighted by Gasteiger charge is 2.23. The van der Waals surface area contributed by atoms with E-state index in [1.54, 1.807) is 0 Å². The monoisotopic (exact) mass is 454 g/mol. The van der Waals surface area contributed by atoms with E-state index in [-0.39, 0.29) is 22.3 Å². The zero-order chi connectivity index (χ0) is 22.1. The SMILES string of the molecule is CS(=O)(=O)c1cccc(S(=O)(=O)NCC(c2ccccc2)c2c[nH]c3ccccc23)c1. The van der Waals surface area contributed by atoms with Crippen LogP contribution in [0.5, 0.6) is 0 Å².